The quantitative estimate of drug-likeness (QED) is 0.785. The van der Waals surface area contributed by atoms with E-state index in [-0.39, 0.29) is 19.1 Å². The van der Waals surface area contributed by atoms with Gasteiger partial charge in [-0.15, -0.1) is 0 Å². The second kappa shape index (κ2) is 4.38. The van der Waals surface area contributed by atoms with Crippen LogP contribution in [0.1, 0.15) is 10.4 Å². The standard InChI is InChI=1S/C7H10BrN3O2/c1-11-6(8)5(4-10-11)7(13)9-2-3-12/h4,12H,2-3H2,1H3,(H,9,13). The number of nitrogens with zero attached hydrogens (tertiary/aromatic N) is 2. The van der Waals surface area contributed by atoms with E-state index in [9.17, 15) is 4.79 Å². The van der Waals surface area contributed by atoms with Gasteiger partial charge in [-0.2, -0.15) is 5.10 Å². The molecule has 0 saturated carbocycles. The van der Waals surface area contributed by atoms with Crippen molar-refractivity contribution >= 4 is 21.8 Å². The summed E-state index contributed by atoms with van der Waals surface area (Å²) in [5.41, 5.74) is 0.468. The van der Waals surface area contributed by atoms with E-state index >= 15 is 0 Å². The third kappa shape index (κ3) is 2.28. The van der Waals surface area contributed by atoms with Crippen molar-refractivity contribution in [3.8, 4) is 0 Å². The minimum Gasteiger partial charge on any atom is -0.395 e. The molecular weight excluding hydrogens is 238 g/mol. The highest BCUT2D eigenvalue weighted by atomic mass is 79.9. The molecule has 0 aromatic carbocycles. The minimum absolute atomic E-state index is 0.0659. The van der Waals surface area contributed by atoms with Crippen LogP contribution in [-0.2, 0) is 7.05 Å². The second-order valence-electron chi connectivity index (χ2n) is 2.45. The van der Waals surface area contributed by atoms with Crippen LogP contribution in [0.3, 0.4) is 0 Å². The first kappa shape index (κ1) is 10.2. The van der Waals surface area contributed by atoms with Gasteiger partial charge in [-0.3, -0.25) is 9.48 Å². The van der Waals surface area contributed by atoms with E-state index in [1.165, 1.54) is 6.20 Å². The van der Waals surface area contributed by atoms with Gasteiger partial charge in [-0.1, -0.05) is 0 Å². The van der Waals surface area contributed by atoms with Crippen LogP contribution in [-0.4, -0.2) is 33.9 Å². The molecular formula is C7H10BrN3O2. The molecule has 0 radical (unpaired) electrons. The summed E-state index contributed by atoms with van der Waals surface area (Å²) in [6.45, 7) is 0.184. The highest BCUT2D eigenvalue weighted by Crippen LogP contribution is 2.14. The Morgan fingerprint density at radius 1 is 1.85 bits per heavy atom. The van der Waals surface area contributed by atoms with Crippen LogP contribution in [0.4, 0.5) is 0 Å². The lowest BCUT2D eigenvalue weighted by Crippen LogP contribution is -2.26. The van der Waals surface area contributed by atoms with Gasteiger partial charge in [-0.25, -0.2) is 0 Å². The SMILES string of the molecule is Cn1ncc(C(=O)NCCO)c1Br. The number of carbonyl (C=O) groups excluding carboxylic acids is 1. The zero-order valence-electron chi connectivity index (χ0n) is 7.12. The second-order valence-corrected chi connectivity index (χ2v) is 3.20. The lowest BCUT2D eigenvalue weighted by atomic mass is 10.3. The summed E-state index contributed by atoms with van der Waals surface area (Å²) >= 11 is 3.22. The van der Waals surface area contributed by atoms with Gasteiger partial charge < -0.3 is 10.4 Å². The molecule has 0 unspecified atom stereocenters. The summed E-state index contributed by atoms with van der Waals surface area (Å²) in [7, 11) is 1.73. The predicted molar refractivity (Wildman–Crippen MR) is 50.3 cm³/mol. The summed E-state index contributed by atoms with van der Waals surface area (Å²) in [6.07, 6.45) is 1.47. The maximum Gasteiger partial charge on any atom is 0.255 e. The van der Waals surface area contributed by atoms with Crippen LogP contribution in [0.15, 0.2) is 10.8 Å². The molecule has 0 spiro atoms. The maximum absolute atomic E-state index is 11.3. The summed E-state index contributed by atoms with van der Waals surface area (Å²) in [6, 6.07) is 0. The molecule has 6 heteroatoms. The van der Waals surface area contributed by atoms with Gasteiger partial charge in [0.25, 0.3) is 5.91 Å². The van der Waals surface area contributed by atoms with E-state index in [1.54, 1.807) is 11.7 Å². The number of rotatable bonds is 3. The lowest BCUT2D eigenvalue weighted by molar-refractivity contribution is 0.0944. The van der Waals surface area contributed by atoms with E-state index in [1.807, 2.05) is 0 Å². The highest BCUT2D eigenvalue weighted by molar-refractivity contribution is 9.10. The number of amides is 1. The molecule has 1 aromatic heterocycles. The van der Waals surface area contributed by atoms with E-state index in [4.69, 9.17) is 5.11 Å². The zero-order valence-corrected chi connectivity index (χ0v) is 8.71. The Kier molecular flexibility index (Phi) is 3.44. The first-order valence-corrected chi connectivity index (χ1v) is 4.52. The molecule has 0 aliphatic carbocycles. The number of nitrogens with one attached hydrogen (secondary N) is 1. The van der Waals surface area contributed by atoms with Crippen LogP contribution in [0.2, 0.25) is 0 Å². The van der Waals surface area contributed by atoms with Crippen LogP contribution in [0.5, 0.6) is 0 Å². The van der Waals surface area contributed by atoms with Crippen LogP contribution < -0.4 is 5.32 Å². The van der Waals surface area contributed by atoms with Crippen molar-refractivity contribution in [1.82, 2.24) is 15.1 Å². The smallest absolute Gasteiger partial charge is 0.255 e. The molecule has 5 nitrogen and oxygen atoms in total. The van der Waals surface area contributed by atoms with Crippen molar-refractivity contribution in [2.75, 3.05) is 13.2 Å². The van der Waals surface area contributed by atoms with Crippen molar-refractivity contribution < 1.29 is 9.90 Å². The molecule has 0 fully saturated rings. The average Bonchev–Trinajstić information content (AvgIpc) is 2.44. The molecule has 0 atom stereocenters. The largest absolute Gasteiger partial charge is 0.395 e. The molecule has 0 aliphatic heterocycles. The number of hydrogen-bond donors (Lipinski definition) is 2. The average molecular weight is 248 g/mol. The van der Waals surface area contributed by atoms with Crippen molar-refractivity contribution in [2.45, 2.75) is 0 Å². The highest BCUT2D eigenvalue weighted by Gasteiger charge is 2.12. The Labute approximate surface area is 83.9 Å². The number of aliphatic hydroxyl groups is 1. The number of aliphatic hydroxyl groups excluding tert-OH is 1. The Balaban J connectivity index is 2.71. The monoisotopic (exact) mass is 247 g/mol. The third-order valence-corrected chi connectivity index (χ3v) is 2.45. The zero-order chi connectivity index (χ0) is 9.84. The van der Waals surface area contributed by atoms with Gasteiger partial charge in [0.05, 0.1) is 18.4 Å². The molecule has 0 aliphatic rings. The van der Waals surface area contributed by atoms with Gasteiger partial charge in [0.2, 0.25) is 0 Å². The first-order valence-electron chi connectivity index (χ1n) is 3.73. The van der Waals surface area contributed by atoms with E-state index in [0.717, 1.165) is 0 Å². The molecule has 0 saturated heterocycles. The topological polar surface area (TPSA) is 67.2 Å². The van der Waals surface area contributed by atoms with E-state index in [0.29, 0.717) is 10.2 Å². The number of hydrogen-bond acceptors (Lipinski definition) is 3. The van der Waals surface area contributed by atoms with Crippen LogP contribution in [0, 0.1) is 0 Å². The number of halogens is 1. The van der Waals surface area contributed by atoms with Gasteiger partial charge in [-0.05, 0) is 15.9 Å². The van der Waals surface area contributed by atoms with Crippen molar-refractivity contribution in [3.63, 3.8) is 0 Å². The van der Waals surface area contributed by atoms with Crippen molar-refractivity contribution in [1.29, 1.82) is 0 Å². The summed E-state index contributed by atoms with van der Waals surface area (Å²) < 4.78 is 2.18. The molecule has 1 heterocycles. The minimum atomic E-state index is -0.242. The Morgan fingerprint density at radius 3 is 3.00 bits per heavy atom. The fraction of sp³-hybridized carbons (Fsp3) is 0.429. The van der Waals surface area contributed by atoms with Gasteiger partial charge in [0, 0.05) is 13.6 Å². The first-order chi connectivity index (χ1) is 6.16. The van der Waals surface area contributed by atoms with E-state index < -0.39 is 0 Å². The summed E-state index contributed by atoms with van der Waals surface area (Å²) in [5, 5.41) is 14.9. The van der Waals surface area contributed by atoms with Gasteiger partial charge in [0.1, 0.15) is 4.60 Å². The molecule has 2 N–H and O–H groups in total. The normalized spacial score (nSPS) is 10.1. The Bertz CT molecular complexity index is 311. The maximum atomic E-state index is 11.3. The van der Waals surface area contributed by atoms with Crippen molar-refractivity contribution in [3.05, 3.63) is 16.4 Å². The van der Waals surface area contributed by atoms with Crippen LogP contribution >= 0.6 is 15.9 Å². The van der Waals surface area contributed by atoms with Crippen LogP contribution in [0.25, 0.3) is 0 Å². The lowest BCUT2D eigenvalue weighted by Gasteiger charge is -2.00. The predicted octanol–water partition coefficient (Wildman–Crippen LogP) is -0.0953. The molecule has 1 rings (SSSR count). The summed E-state index contributed by atoms with van der Waals surface area (Å²) in [4.78, 5) is 11.3. The number of carbonyl (C=O) groups is 1. The molecule has 0 bridgehead atoms. The van der Waals surface area contributed by atoms with E-state index in [2.05, 4.69) is 26.3 Å². The molecule has 13 heavy (non-hydrogen) atoms. The fourth-order valence-corrected chi connectivity index (χ4v) is 1.21. The fourth-order valence-electron chi connectivity index (χ4n) is 0.840. The third-order valence-electron chi connectivity index (χ3n) is 1.51. The number of aromatic nitrogens is 2. The summed E-state index contributed by atoms with van der Waals surface area (Å²) in [5.74, 6) is -0.242. The van der Waals surface area contributed by atoms with Gasteiger partial charge in [0.15, 0.2) is 0 Å². The molecule has 72 valence electrons. The number of aryl methyl sites for hydroxylation is 1. The van der Waals surface area contributed by atoms with Gasteiger partial charge >= 0.3 is 0 Å². The molecule has 1 amide bonds. The van der Waals surface area contributed by atoms with Crippen molar-refractivity contribution in [2.24, 2.45) is 7.05 Å². The molecule has 1 aromatic rings. The Hall–Kier alpha value is -0.880. The Morgan fingerprint density at radius 2 is 2.54 bits per heavy atom.